The summed E-state index contributed by atoms with van der Waals surface area (Å²) < 4.78 is 0. The molecule has 2 aliphatic carbocycles. The minimum atomic E-state index is 0.0433. The Balaban J connectivity index is 1.30. The third kappa shape index (κ3) is 6.61. The standard InChI is InChI=1S/C41H42N2O2/c1-4-10-39(44)41-28(3)24-38-35(36(26-43-38)32-18-19-33(27(2)23-32)30-12-6-5-7-13-30)21-20-34(41)31-14-8-11-29(16-17-31)25-40(45)37-15-9-22-42-37/h4-7,9-13,15,18-20,22-23,26,31,38,42H,8,14,16-17,21,24-25H2,1-3H3. The van der Waals surface area contributed by atoms with Crippen LogP contribution in [0.15, 0.2) is 124 Å². The maximum atomic E-state index is 13.6. The zero-order valence-corrected chi connectivity index (χ0v) is 26.6. The Hall–Kier alpha value is -4.57. The van der Waals surface area contributed by atoms with Crippen LogP contribution in [0.1, 0.15) is 80.4 Å². The van der Waals surface area contributed by atoms with Crippen molar-refractivity contribution in [1.82, 2.24) is 4.98 Å². The van der Waals surface area contributed by atoms with E-state index in [-0.39, 0.29) is 23.5 Å². The normalized spacial score (nSPS) is 20.4. The maximum absolute atomic E-state index is 13.6. The SMILES string of the molecule is CC=CC(=O)C1=C(C)CC2N=CC(c3ccc(-c4ccccc4)c(C)c3)=C2CC=C1C1CCC=C(CC(=O)c2ccc[nH]2)CC1. The number of nitrogens with zero attached hydrogens (tertiary/aromatic N) is 1. The summed E-state index contributed by atoms with van der Waals surface area (Å²) in [5, 5.41) is 0. The Morgan fingerprint density at radius 3 is 2.58 bits per heavy atom. The molecule has 3 aromatic rings. The molecule has 0 bridgehead atoms. The van der Waals surface area contributed by atoms with E-state index in [1.807, 2.05) is 25.1 Å². The average molecular weight is 595 g/mol. The van der Waals surface area contributed by atoms with E-state index in [4.69, 9.17) is 4.99 Å². The Labute approximate surface area is 267 Å². The molecular formula is C41H42N2O2. The lowest BCUT2D eigenvalue weighted by atomic mass is 9.78. The lowest BCUT2D eigenvalue weighted by Gasteiger charge is -2.26. The van der Waals surface area contributed by atoms with Crippen LogP contribution in [0.25, 0.3) is 16.7 Å². The summed E-state index contributed by atoms with van der Waals surface area (Å²) in [6.45, 7) is 6.21. The number of ketones is 2. The van der Waals surface area contributed by atoms with Crippen molar-refractivity contribution in [2.45, 2.75) is 71.8 Å². The molecule has 1 N–H and O–H groups in total. The smallest absolute Gasteiger partial charge is 0.185 e. The molecule has 228 valence electrons. The number of Topliss-reactive ketones (excluding diaryl/α,β-unsaturated/α-hetero) is 1. The number of carbonyl (C=O) groups is 2. The highest BCUT2D eigenvalue weighted by molar-refractivity contribution is 6.14. The number of carbonyl (C=O) groups excluding carboxylic acids is 2. The van der Waals surface area contributed by atoms with E-state index in [1.54, 1.807) is 12.3 Å². The molecule has 6 rings (SSSR count). The molecule has 0 radical (unpaired) electrons. The van der Waals surface area contributed by atoms with E-state index in [1.165, 1.54) is 44.5 Å². The van der Waals surface area contributed by atoms with Gasteiger partial charge in [-0.1, -0.05) is 77.9 Å². The van der Waals surface area contributed by atoms with Gasteiger partial charge in [-0.05, 0) is 117 Å². The van der Waals surface area contributed by atoms with Gasteiger partial charge >= 0.3 is 0 Å². The van der Waals surface area contributed by atoms with E-state index in [9.17, 15) is 9.59 Å². The van der Waals surface area contributed by atoms with E-state index in [0.29, 0.717) is 12.1 Å². The van der Waals surface area contributed by atoms with Crippen molar-refractivity contribution in [3.63, 3.8) is 0 Å². The minimum absolute atomic E-state index is 0.0433. The quantitative estimate of drug-likeness (QED) is 0.160. The number of hydrogen-bond donors (Lipinski definition) is 1. The van der Waals surface area contributed by atoms with Gasteiger partial charge in [-0.2, -0.15) is 0 Å². The van der Waals surface area contributed by atoms with Crippen molar-refractivity contribution >= 4 is 23.4 Å². The summed E-state index contributed by atoms with van der Waals surface area (Å²) >= 11 is 0. The molecule has 0 amide bonds. The van der Waals surface area contributed by atoms with E-state index < -0.39 is 0 Å². The molecule has 3 aliphatic rings. The van der Waals surface area contributed by atoms with Gasteiger partial charge in [-0.25, -0.2) is 0 Å². The van der Waals surface area contributed by atoms with E-state index in [2.05, 4.69) is 85.7 Å². The third-order valence-corrected chi connectivity index (χ3v) is 9.56. The van der Waals surface area contributed by atoms with Gasteiger partial charge in [-0.15, -0.1) is 0 Å². The van der Waals surface area contributed by atoms with Crippen LogP contribution in [-0.2, 0) is 4.79 Å². The highest BCUT2D eigenvalue weighted by Gasteiger charge is 2.31. The van der Waals surface area contributed by atoms with Gasteiger partial charge in [0.25, 0.3) is 0 Å². The number of benzene rings is 2. The number of aliphatic imine (C=N–C) groups is 1. The fourth-order valence-corrected chi connectivity index (χ4v) is 7.26. The first-order valence-corrected chi connectivity index (χ1v) is 16.3. The van der Waals surface area contributed by atoms with Crippen LogP contribution in [-0.4, -0.2) is 28.8 Å². The molecule has 2 aromatic carbocycles. The predicted molar refractivity (Wildman–Crippen MR) is 185 cm³/mol. The zero-order chi connectivity index (χ0) is 31.3. The molecule has 1 aromatic heterocycles. The number of rotatable bonds is 8. The summed E-state index contributed by atoms with van der Waals surface area (Å²) in [4.78, 5) is 34.5. The first-order valence-electron chi connectivity index (χ1n) is 16.3. The maximum Gasteiger partial charge on any atom is 0.185 e. The molecule has 0 fully saturated rings. The molecule has 45 heavy (non-hydrogen) atoms. The highest BCUT2D eigenvalue weighted by Crippen LogP contribution is 2.41. The fourth-order valence-electron chi connectivity index (χ4n) is 7.26. The molecule has 0 spiro atoms. The zero-order valence-electron chi connectivity index (χ0n) is 26.6. The first-order chi connectivity index (χ1) is 21.9. The van der Waals surface area contributed by atoms with Crippen molar-refractivity contribution < 1.29 is 9.59 Å². The van der Waals surface area contributed by atoms with Gasteiger partial charge in [0.2, 0.25) is 0 Å². The van der Waals surface area contributed by atoms with Crippen molar-refractivity contribution in [3.05, 3.63) is 136 Å². The number of aromatic nitrogens is 1. The molecule has 4 nitrogen and oxygen atoms in total. The highest BCUT2D eigenvalue weighted by atomic mass is 16.1. The van der Waals surface area contributed by atoms with Gasteiger partial charge in [0.15, 0.2) is 11.6 Å². The number of hydrogen-bond acceptors (Lipinski definition) is 3. The summed E-state index contributed by atoms with van der Waals surface area (Å²) in [5.41, 5.74) is 12.5. The monoisotopic (exact) mass is 594 g/mol. The molecular weight excluding hydrogens is 552 g/mol. The van der Waals surface area contributed by atoms with Crippen molar-refractivity contribution in [1.29, 1.82) is 0 Å². The van der Waals surface area contributed by atoms with Crippen LogP contribution in [0.4, 0.5) is 0 Å². The molecule has 0 saturated heterocycles. The van der Waals surface area contributed by atoms with E-state index >= 15 is 0 Å². The van der Waals surface area contributed by atoms with Gasteiger partial charge < -0.3 is 4.98 Å². The second-order valence-corrected chi connectivity index (χ2v) is 12.6. The largest absolute Gasteiger partial charge is 0.359 e. The van der Waals surface area contributed by atoms with Crippen LogP contribution < -0.4 is 0 Å². The van der Waals surface area contributed by atoms with Gasteiger partial charge in [0.1, 0.15) is 0 Å². The third-order valence-electron chi connectivity index (χ3n) is 9.56. The fraction of sp³-hybridized carbons (Fsp3) is 0.293. The van der Waals surface area contributed by atoms with Crippen molar-refractivity contribution in [2.24, 2.45) is 10.9 Å². The van der Waals surface area contributed by atoms with Gasteiger partial charge in [0.05, 0.1) is 11.7 Å². The number of nitrogens with one attached hydrogen (secondary N) is 1. The molecule has 2 unspecified atom stereocenters. The number of aromatic amines is 1. The van der Waals surface area contributed by atoms with Crippen LogP contribution in [0.5, 0.6) is 0 Å². The molecule has 4 heteroatoms. The Bertz CT molecular complexity index is 1780. The summed E-state index contributed by atoms with van der Waals surface area (Å²) in [6.07, 6.45) is 17.6. The van der Waals surface area contributed by atoms with E-state index in [0.717, 1.165) is 49.7 Å². The number of fused-ring (bicyclic) bond motifs is 1. The number of allylic oxidation sites excluding steroid dienone is 8. The Kier molecular flexibility index (Phi) is 9.21. The summed E-state index contributed by atoms with van der Waals surface area (Å²) in [5.74, 6) is 0.476. The second kappa shape index (κ2) is 13.6. The lowest BCUT2D eigenvalue weighted by Crippen LogP contribution is -2.18. The lowest BCUT2D eigenvalue weighted by molar-refractivity contribution is -0.111. The van der Waals surface area contributed by atoms with Crippen molar-refractivity contribution in [2.75, 3.05) is 0 Å². The molecule has 2 atom stereocenters. The second-order valence-electron chi connectivity index (χ2n) is 12.6. The summed E-state index contributed by atoms with van der Waals surface area (Å²) in [7, 11) is 0. The molecule has 2 heterocycles. The predicted octanol–water partition coefficient (Wildman–Crippen LogP) is 9.77. The van der Waals surface area contributed by atoms with Gasteiger partial charge in [0, 0.05) is 30.0 Å². The average Bonchev–Trinajstić information content (AvgIpc) is 3.65. The Morgan fingerprint density at radius 2 is 1.82 bits per heavy atom. The molecule has 1 aliphatic heterocycles. The Morgan fingerprint density at radius 1 is 0.978 bits per heavy atom. The first kappa shape index (κ1) is 30.5. The number of H-pyrrole nitrogens is 1. The molecule has 0 saturated carbocycles. The van der Waals surface area contributed by atoms with Crippen LogP contribution >= 0.6 is 0 Å². The van der Waals surface area contributed by atoms with Crippen LogP contribution in [0.3, 0.4) is 0 Å². The van der Waals surface area contributed by atoms with Crippen LogP contribution in [0.2, 0.25) is 0 Å². The topological polar surface area (TPSA) is 62.3 Å². The van der Waals surface area contributed by atoms with Crippen LogP contribution in [0, 0.1) is 12.8 Å². The van der Waals surface area contributed by atoms with Crippen molar-refractivity contribution in [3.8, 4) is 11.1 Å². The summed E-state index contributed by atoms with van der Waals surface area (Å²) in [6, 6.07) is 21.0. The minimum Gasteiger partial charge on any atom is -0.359 e. The number of aryl methyl sites for hydroxylation is 1. The van der Waals surface area contributed by atoms with Gasteiger partial charge in [-0.3, -0.25) is 14.6 Å².